The minimum Gasteiger partial charge on any atom is -0.399 e. The molecule has 0 radical (unpaired) electrons. The molecule has 0 aliphatic carbocycles. The molecular formula is C16H25BN2O2. The molecule has 0 N–H and O–H groups in total. The summed E-state index contributed by atoms with van der Waals surface area (Å²) in [4.78, 5) is 3.37. The van der Waals surface area contributed by atoms with Gasteiger partial charge in [0, 0.05) is 36.2 Å². The smallest absolute Gasteiger partial charge is 0.399 e. The monoisotopic (exact) mass is 301 g/mol. The Morgan fingerprint density at radius 2 is 2.14 bits per heavy atom. The number of hydrogen-bond acceptors (Lipinski definition) is 4. The minimum absolute atomic E-state index is 0.280. The molecular weight excluding hydrogens is 263 g/mol. The van der Waals surface area contributed by atoms with E-state index in [0.29, 0.717) is 0 Å². The van der Waals surface area contributed by atoms with Gasteiger partial charge in [-0.05, 0) is 59.5 Å². The van der Waals surface area contributed by atoms with Crippen molar-refractivity contribution < 1.29 is 27.1 Å². The van der Waals surface area contributed by atoms with E-state index >= 15 is 0 Å². The van der Waals surface area contributed by atoms with Gasteiger partial charge < -0.3 is 9.31 Å². The molecule has 0 saturated carbocycles. The van der Waals surface area contributed by atoms with Crippen LogP contribution in [-0.2, 0) is 9.31 Å². The fourth-order valence-electron chi connectivity index (χ4n) is 1.95. The average molecular weight is 301 g/mol. The summed E-state index contributed by atoms with van der Waals surface area (Å²) in [5.41, 5.74) is -3.29. The first-order valence-corrected chi connectivity index (χ1v) is 6.54. The van der Waals surface area contributed by atoms with E-state index in [1.807, 2.05) is 0 Å². The van der Waals surface area contributed by atoms with Crippen LogP contribution in [0.25, 0.3) is 0 Å². The van der Waals surface area contributed by atoms with Crippen LogP contribution >= 0.6 is 0 Å². The topological polar surface area (TPSA) is 34.6 Å². The fourth-order valence-corrected chi connectivity index (χ4v) is 1.95. The maximum Gasteiger partial charge on any atom is 0.496 e. The van der Waals surface area contributed by atoms with Crippen molar-refractivity contribution >= 4 is 12.6 Å². The third-order valence-corrected chi connectivity index (χ3v) is 3.90. The highest BCUT2D eigenvalue weighted by Crippen LogP contribution is 2.36. The lowest BCUT2D eigenvalue weighted by atomic mass is 9.79. The molecule has 1 atom stereocenters. The lowest BCUT2D eigenvalue weighted by molar-refractivity contribution is 0.00578. The van der Waals surface area contributed by atoms with Crippen molar-refractivity contribution in [2.24, 2.45) is 0 Å². The average Bonchev–Trinajstić information content (AvgIpc) is 2.82. The number of aromatic nitrogens is 1. The molecule has 3 heterocycles. The van der Waals surface area contributed by atoms with Crippen LogP contribution in [-0.4, -0.2) is 41.7 Å². The lowest BCUT2D eigenvalue weighted by Gasteiger charge is -2.32. The molecule has 0 amide bonds. The Labute approximate surface area is 146 Å². The number of pyridine rings is 1. The van der Waals surface area contributed by atoms with Crippen LogP contribution in [0.5, 0.6) is 0 Å². The lowest BCUT2D eigenvalue weighted by Crippen LogP contribution is -2.41. The van der Waals surface area contributed by atoms with Crippen molar-refractivity contribution in [1.29, 1.82) is 0 Å². The van der Waals surface area contributed by atoms with Crippen molar-refractivity contribution in [3.05, 3.63) is 24.0 Å². The van der Waals surface area contributed by atoms with E-state index in [2.05, 4.69) is 4.98 Å². The maximum atomic E-state index is 8.91. The van der Waals surface area contributed by atoms with E-state index in [1.165, 1.54) is 0 Å². The van der Waals surface area contributed by atoms with Crippen LogP contribution in [0.1, 0.15) is 69.8 Å². The van der Waals surface area contributed by atoms with E-state index in [9.17, 15) is 0 Å². The van der Waals surface area contributed by atoms with Crippen LogP contribution in [0.15, 0.2) is 18.4 Å². The van der Waals surface area contributed by atoms with Gasteiger partial charge >= 0.3 is 7.12 Å². The molecule has 5 heteroatoms. The zero-order chi connectivity index (χ0) is 26.7. The first kappa shape index (κ1) is 5.95. The highest BCUT2D eigenvalue weighted by atomic mass is 16.7. The van der Waals surface area contributed by atoms with Gasteiger partial charge in [0.2, 0.25) is 0 Å². The maximum absolute atomic E-state index is 8.91. The van der Waals surface area contributed by atoms with Crippen LogP contribution in [0, 0.1) is 0 Å². The predicted octanol–water partition coefficient (Wildman–Crippen LogP) is 2.15. The van der Waals surface area contributed by atoms with Crippen LogP contribution in [0.3, 0.4) is 0 Å². The largest absolute Gasteiger partial charge is 0.496 e. The number of likely N-dealkylation sites (tertiary alicyclic amines) is 1. The normalized spacial score (nSPS) is 48.6. The van der Waals surface area contributed by atoms with E-state index in [1.54, 1.807) is 27.7 Å². The van der Waals surface area contributed by atoms with E-state index in [0.717, 1.165) is 0 Å². The molecule has 21 heavy (non-hydrogen) atoms. The van der Waals surface area contributed by atoms with Gasteiger partial charge in [0.1, 0.15) is 0 Å². The molecule has 0 bridgehead atoms. The third kappa shape index (κ3) is 2.63. The van der Waals surface area contributed by atoms with Crippen molar-refractivity contribution in [3.63, 3.8) is 0 Å². The molecule has 1 unspecified atom stereocenters. The standard InChI is InChI=1S/C16H25BN2O2/c1-15(2)16(3,4)21-17(20-15)13-9-12(10-18-11-13)14-7-6-8-19(14)5/h9-11,14H,6-8H2,1-5H3/i5D3,6D2,7D2,8D2,9D,10D,11D,14D. The van der Waals surface area contributed by atoms with Crippen LogP contribution in [0.4, 0.5) is 0 Å². The summed E-state index contributed by atoms with van der Waals surface area (Å²) >= 11 is 0. The zero-order valence-electron chi connectivity index (χ0n) is 25.3. The van der Waals surface area contributed by atoms with Gasteiger partial charge in [-0.15, -0.1) is 0 Å². The summed E-state index contributed by atoms with van der Waals surface area (Å²) in [5.74, 6) is 0. The van der Waals surface area contributed by atoms with Gasteiger partial charge in [-0.2, -0.15) is 0 Å². The third-order valence-electron chi connectivity index (χ3n) is 3.90. The van der Waals surface area contributed by atoms with E-state index in [4.69, 9.17) is 27.1 Å². The van der Waals surface area contributed by atoms with Crippen molar-refractivity contribution in [2.45, 2.75) is 57.7 Å². The second kappa shape index (κ2) is 5.08. The minimum atomic E-state index is -3.58. The summed E-state index contributed by atoms with van der Waals surface area (Å²) < 4.78 is 118. The Morgan fingerprint density at radius 3 is 2.81 bits per heavy atom. The fraction of sp³-hybridized carbons (Fsp3) is 0.688. The quantitative estimate of drug-likeness (QED) is 0.784. The number of hydrogen-bond donors (Lipinski definition) is 0. The van der Waals surface area contributed by atoms with Gasteiger partial charge in [0.25, 0.3) is 0 Å². The second-order valence-corrected chi connectivity index (χ2v) is 5.88. The molecule has 3 rings (SSSR count). The van der Waals surface area contributed by atoms with Gasteiger partial charge in [-0.1, -0.05) is 6.04 Å². The molecule has 0 spiro atoms. The highest BCUT2D eigenvalue weighted by molar-refractivity contribution is 6.62. The van der Waals surface area contributed by atoms with Crippen molar-refractivity contribution in [1.82, 2.24) is 9.88 Å². The Morgan fingerprint density at radius 1 is 1.43 bits per heavy atom. The Balaban J connectivity index is 2.38. The first-order valence-electron chi connectivity index (χ1n) is 13.0. The summed E-state index contributed by atoms with van der Waals surface area (Å²) in [6, 6.07) is -4.33. The van der Waals surface area contributed by atoms with E-state index in [-0.39, 0.29) is 4.90 Å². The molecule has 2 aliphatic heterocycles. The number of nitrogens with zero attached hydrogens (tertiary/aromatic N) is 2. The Kier molecular flexibility index (Phi) is 1.44. The van der Waals surface area contributed by atoms with Crippen molar-refractivity contribution in [3.8, 4) is 0 Å². The first-order chi connectivity index (χ1) is 14.9. The molecule has 1 aromatic heterocycles. The van der Waals surface area contributed by atoms with Crippen LogP contribution < -0.4 is 5.46 Å². The SMILES string of the molecule is [2H]c1nc([2H])c(C2([2H])N(C([2H])([2H])[2H])C([2H])([2H])C([2H])([2H])C2([2H])[2H])c([2H])c1B1OC(C)(C)C(C)(C)O1. The Hall–Kier alpha value is -0.905. The summed E-state index contributed by atoms with van der Waals surface area (Å²) in [7, 11) is -1.41. The summed E-state index contributed by atoms with van der Waals surface area (Å²) in [6.45, 7) is -0.343. The molecule has 0 aromatic carbocycles. The number of rotatable bonds is 2. The van der Waals surface area contributed by atoms with E-state index < -0.39 is 80.0 Å². The highest BCUT2D eigenvalue weighted by Gasteiger charge is 2.51. The zero-order valence-corrected chi connectivity index (χ0v) is 12.3. The van der Waals surface area contributed by atoms with Crippen molar-refractivity contribution in [2.75, 3.05) is 13.5 Å². The molecule has 2 saturated heterocycles. The molecule has 1 aromatic rings. The van der Waals surface area contributed by atoms with Gasteiger partial charge in [-0.25, -0.2) is 0 Å². The summed E-state index contributed by atoms with van der Waals surface area (Å²) in [6.07, 6.45) is -8.83. The Bertz CT molecular complexity index is 1010. The second-order valence-electron chi connectivity index (χ2n) is 5.88. The predicted molar refractivity (Wildman–Crippen MR) is 84.6 cm³/mol. The van der Waals surface area contributed by atoms with Gasteiger partial charge in [0.05, 0.1) is 16.7 Å². The molecule has 2 aliphatic rings. The van der Waals surface area contributed by atoms with Gasteiger partial charge in [-0.3, -0.25) is 9.88 Å². The molecule has 2 fully saturated rings. The van der Waals surface area contributed by atoms with Gasteiger partial charge in [0.15, 0.2) is 0 Å². The molecule has 114 valence electrons. The molecule has 4 nitrogen and oxygen atoms in total. The summed E-state index contributed by atoms with van der Waals surface area (Å²) in [5, 5.41) is 0. The van der Waals surface area contributed by atoms with Crippen LogP contribution in [0.2, 0.25) is 0 Å².